The molecule has 6 heteroatoms. The predicted octanol–water partition coefficient (Wildman–Crippen LogP) is 3.07. The van der Waals surface area contributed by atoms with Crippen molar-refractivity contribution in [3.63, 3.8) is 0 Å². The van der Waals surface area contributed by atoms with Gasteiger partial charge in [-0.3, -0.25) is 14.6 Å². The summed E-state index contributed by atoms with van der Waals surface area (Å²) in [6.07, 6.45) is 1.04. The molecule has 0 saturated carbocycles. The third-order valence-corrected chi connectivity index (χ3v) is 6.56. The Kier molecular flexibility index (Phi) is 7.20. The van der Waals surface area contributed by atoms with Crippen molar-refractivity contribution in [2.75, 3.05) is 57.3 Å². The van der Waals surface area contributed by atoms with Crippen LogP contribution in [0.15, 0.2) is 54.6 Å². The van der Waals surface area contributed by atoms with E-state index in [2.05, 4.69) is 45.9 Å². The van der Waals surface area contributed by atoms with E-state index in [0.717, 1.165) is 70.9 Å². The van der Waals surface area contributed by atoms with Crippen LogP contribution in [0.5, 0.6) is 0 Å². The summed E-state index contributed by atoms with van der Waals surface area (Å²) in [5.74, 6) is 0.0578. The average molecular weight is 425 g/mol. The molecule has 2 heterocycles. The van der Waals surface area contributed by atoms with E-state index >= 15 is 0 Å². The number of halogens is 1. The molecule has 1 atom stereocenters. The molecule has 0 aromatic heterocycles. The molecule has 0 aliphatic carbocycles. The zero-order chi connectivity index (χ0) is 21.6. The first-order chi connectivity index (χ1) is 15.1. The Balaban J connectivity index is 1.26. The third-order valence-electron chi connectivity index (χ3n) is 6.56. The normalized spacial score (nSPS) is 19.8. The molecule has 0 bridgehead atoms. The van der Waals surface area contributed by atoms with E-state index in [9.17, 15) is 9.18 Å². The fraction of sp³-hybridized carbons (Fsp3) is 0.480. The lowest BCUT2D eigenvalue weighted by molar-refractivity contribution is -0.136. The molecular formula is C25H33FN4O. The van der Waals surface area contributed by atoms with Gasteiger partial charge in [-0.1, -0.05) is 30.3 Å². The predicted molar refractivity (Wildman–Crippen MR) is 123 cm³/mol. The standard InChI is InChI=1S/C25H33FN4O/c1-21(25(31)30-18-16-29(17-19-30)24-6-3-2-4-7-24)28-13-5-12-27(14-15-28)20-22-8-10-23(26)11-9-22/h2-4,6-11,21H,5,12-20H2,1H3. The molecule has 2 saturated heterocycles. The number of piperazine rings is 1. The van der Waals surface area contributed by atoms with Crippen molar-refractivity contribution in [1.29, 1.82) is 0 Å². The van der Waals surface area contributed by atoms with E-state index in [1.807, 2.05) is 23.1 Å². The highest BCUT2D eigenvalue weighted by Crippen LogP contribution is 2.17. The highest BCUT2D eigenvalue weighted by Gasteiger charge is 2.29. The lowest BCUT2D eigenvalue weighted by Crippen LogP contribution is -2.54. The van der Waals surface area contributed by atoms with Gasteiger partial charge in [0.25, 0.3) is 0 Å². The van der Waals surface area contributed by atoms with E-state index in [4.69, 9.17) is 0 Å². The lowest BCUT2D eigenvalue weighted by atomic mass is 10.2. The van der Waals surface area contributed by atoms with Crippen molar-refractivity contribution >= 4 is 11.6 Å². The second-order valence-corrected chi connectivity index (χ2v) is 8.62. The number of hydrogen-bond acceptors (Lipinski definition) is 4. The zero-order valence-corrected chi connectivity index (χ0v) is 18.4. The van der Waals surface area contributed by atoms with E-state index in [1.165, 1.54) is 17.8 Å². The van der Waals surface area contributed by atoms with E-state index in [0.29, 0.717) is 0 Å². The monoisotopic (exact) mass is 424 g/mol. The Labute approximate surface area is 185 Å². The third kappa shape index (κ3) is 5.63. The Bertz CT molecular complexity index is 836. The van der Waals surface area contributed by atoms with Crippen molar-refractivity contribution in [1.82, 2.24) is 14.7 Å². The molecule has 2 aromatic rings. The number of carbonyl (C=O) groups excluding carboxylic acids is 1. The van der Waals surface area contributed by atoms with Crippen molar-refractivity contribution in [2.45, 2.75) is 25.9 Å². The number of anilines is 1. The van der Waals surface area contributed by atoms with Crippen LogP contribution in [0.1, 0.15) is 18.9 Å². The quantitative estimate of drug-likeness (QED) is 0.738. The molecule has 31 heavy (non-hydrogen) atoms. The van der Waals surface area contributed by atoms with E-state index in [1.54, 1.807) is 0 Å². The summed E-state index contributed by atoms with van der Waals surface area (Å²) in [6.45, 7) is 9.97. The van der Waals surface area contributed by atoms with Crippen molar-refractivity contribution in [2.24, 2.45) is 0 Å². The SMILES string of the molecule is CC(C(=O)N1CCN(c2ccccc2)CC1)N1CCCN(Cc2ccc(F)cc2)CC1. The van der Waals surface area contributed by atoms with Gasteiger partial charge >= 0.3 is 0 Å². The van der Waals surface area contributed by atoms with Gasteiger partial charge in [0.15, 0.2) is 0 Å². The van der Waals surface area contributed by atoms with Crippen LogP contribution in [-0.4, -0.2) is 79.0 Å². The molecule has 4 rings (SSSR count). The number of carbonyl (C=O) groups is 1. The molecular weight excluding hydrogens is 391 g/mol. The number of amides is 1. The van der Waals surface area contributed by atoms with Gasteiger partial charge in [0.2, 0.25) is 5.91 Å². The largest absolute Gasteiger partial charge is 0.368 e. The summed E-state index contributed by atoms with van der Waals surface area (Å²) < 4.78 is 13.1. The fourth-order valence-electron chi connectivity index (χ4n) is 4.63. The molecule has 1 unspecified atom stereocenters. The Morgan fingerprint density at radius 2 is 1.58 bits per heavy atom. The molecule has 0 N–H and O–H groups in total. The molecule has 2 fully saturated rings. The molecule has 0 radical (unpaired) electrons. The molecule has 5 nitrogen and oxygen atoms in total. The van der Waals surface area contributed by atoms with Crippen LogP contribution in [0.3, 0.4) is 0 Å². The molecule has 1 amide bonds. The Hall–Kier alpha value is -2.44. The summed E-state index contributed by atoms with van der Waals surface area (Å²) in [5.41, 5.74) is 2.37. The van der Waals surface area contributed by atoms with Gasteiger partial charge in [0.1, 0.15) is 5.82 Å². The number of rotatable bonds is 5. The average Bonchev–Trinajstić information content (AvgIpc) is 3.06. The maximum Gasteiger partial charge on any atom is 0.239 e. The molecule has 2 aromatic carbocycles. The van der Waals surface area contributed by atoms with E-state index < -0.39 is 0 Å². The van der Waals surface area contributed by atoms with Gasteiger partial charge in [0.05, 0.1) is 6.04 Å². The zero-order valence-electron chi connectivity index (χ0n) is 18.4. The molecule has 0 spiro atoms. The smallest absolute Gasteiger partial charge is 0.239 e. The molecule has 2 aliphatic heterocycles. The first-order valence-electron chi connectivity index (χ1n) is 11.4. The summed E-state index contributed by atoms with van der Waals surface area (Å²) in [4.78, 5) is 22.3. The van der Waals surface area contributed by atoms with Crippen molar-refractivity contribution in [3.05, 3.63) is 66.0 Å². The maximum atomic E-state index is 13.2. The van der Waals surface area contributed by atoms with Gasteiger partial charge in [0, 0.05) is 58.0 Å². The Morgan fingerprint density at radius 3 is 2.29 bits per heavy atom. The van der Waals surface area contributed by atoms with Crippen LogP contribution < -0.4 is 4.90 Å². The molecule has 2 aliphatic rings. The fourth-order valence-corrected chi connectivity index (χ4v) is 4.63. The van der Waals surface area contributed by atoms with Crippen LogP contribution in [0.4, 0.5) is 10.1 Å². The maximum absolute atomic E-state index is 13.2. The van der Waals surface area contributed by atoms with Crippen LogP contribution >= 0.6 is 0 Å². The second-order valence-electron chi connectivity index (χ2n) is 8.62. The lowest BCUT2D eigenvalue weighted by Gasteiger charge is -2.39. The molecule has 166 valence electrons. The summed E-state index contributed by atoms with van der Waals surface area (Å²) in [6, 6.07) is 17.1. The van der Waals surface area contributed by atoms with Gasteiger partial charge in [-0.2, -0.15) is 0 Å². The van der Waals surface area contributed by atoms with Crippen LogP contribution in [0.25, 0.3) is 0 Å². The minimum Gasteiger partial charge on any atom is -0.368 e. The minimum atomic E-state index is -0.192. The van der Waals surface area contributed by atoms with Crippen molar-refractivity contribution < 1.29 is 9.18 Å². The summed E-state index contributed by atoms with van der Waals surface area (Å²) in [5, 5.41) is 0. The first-order valence-corrected chi connectivity index (χ1v) is 11.4. The summed E-state index contributed by atoms with van der Waals surface area (Å²) in [7, 11) is 0. The van der Waals surface area contributed by atoms with Gasteiger partial charge in [-0.15, -0.1) is 0 Å². The number of para-hydroxylation sites is 1. The van der Waals surface area contributed by atoms with Crippen LogP contribution in [0.2, 0.25) is 0 Å². The minimum absolute atomic E-state index is 0.0888. The van der Waals surface area contributed by atoms with Gasteiger partial charge < -0.3 is 9.80 Å². The van der Waals surface area contributed by atoms with Crippen LogP contribution in [-0.2, 0) is 11.3 Å². The van der Waals surface area contributed by atoms with Crippen LogP contribution in [0, 0.1) is 5.82 Å². The second kappa shape index (κ2) is 10.2. The van der Waals surface area contributed by atoms with Crippen molar-refractivity contribution in [3.8, 4) is 0 Å². The van der Waals surface area contributed by atoms with E-state index in [-0.39, 0.29) is 17.8 Å². The number of benzene rings is 2. The number of nitrogens with zero attached hydrogens (tertiary/aromatic N) is 4. The number of hydrogen-bond donors (Lipinski definition) is 0. The Morgan fingerprint density at radius 1 is 0.871 bits per heavy atom. The topological polar surface area (TPSA) is 30.0 Å². The van der Waals surface area contributed by atoms with Gasteiger partial charge in [-0.05, 0) is 49.7 Å². The van der Waals surface area contributed by atoms with Gasteiger partial charge in [-0.25, -0.2) is 4.39 Å². The highest BCUT2D eigenvalue weighted by molar-refractivity contribution is 5.81. The highest BCUT2D eigenvalue weighted by atomic mass is 19.1. The summed E-state index contributed by atoms with van der Waals surface area (Å²) >= 11 is 0. The first kappa shape index (κ1) is 21.8.